The van der Waals surface area contributed by atoms with Gasteiger partial charge < -0.3 is 0 Å². The molecular formula is C47H30N4. The lowest BCUT2D eigenvalue weighted by Gasteiger charge is -2.34. The van der Waals surface area contributed by atoms with Gasteiger partial charge in [0.1, 0.15) is 0 Å². The average Bonchev–Trinajstić information content (AvgIpc) is 3.52. The molecule has 9 rings (SSSR count). The highest BCUT2D eigenvalue weighted by atomic mass is 15.0. The molecule has 1 aliphatic carbocycles. The number of nitrogens with zero attached hydrogens (tertiary/aromatic N) is 4. The lowest BCUT2D eigenvalue weighted by atomic mass is 9.67. The molecule has 0 unspecified atom stereocenters. The summed E-state index contributed by atoms with van der Waals surface area (Å²) < 4.78 is 0. The van der Waals surface area contributed by atoms with Crippen molar-refractivity contribution in [3.05, 3.63) is 210 Å². The van der Waals surface area contributed by atoms with E-state index >= 15 is 0 Å². The van der Waals surface area contributed by atoms with E-state index in [1.165, 1.54) is 27.8 Å². The van der Waals surface area contributed by atoms with Crippen LogP contribution in [0.2, 0.25) is 0 Å². The van der Waals surface area contributed by atoms with E-state index in [2.05, 4.69) is 121 Å². The van der Waals surface area contributed by atoms with E-state index in [-0.39, 0.29) is 0 Å². The zero-order valence-electron chi connectivity index (χ0n) is 27.6. The summed E-state index contributed by atoms with van der Waals surface area (Å²) >= 11 is 0. The van der Waals surface area contributed by atoms with Crippen LogP contribution in [0.1, 0.15) is 27.8 Å². The van der Waals surface area contributed by atoms with Crippen molar-refractivity contribution < 1.29 is 0 Å². The van der Waals surface area contributed by atoms with Crippen LogP contribution < -0.4 is 0 Å². The first-order valence-corrected chi connectivity index (χ1v) is 17.0. The first-order chi connectivity index (χ1) is 25.2. The van der Waals surface area contributed by atoms with E-state index in [1.54, 1.807) is 0 Å². The first kappa shape index (κ1) is 30.1. The van der Waals surface area contributed by atoms with Crippen molar-refractivity contribution in [1.82, 2.24) is 15.0 Å². The van der Waals surface area contributed by atoms with Crippen LogP contribution in [0.4, 0.5) is 0 Å². The van der Waals surface area contributed by atoms with E-state index in [0.29, 0.717) is 23.0 Å². The number of nitriles is 1. The quantitative estimate of drug-likeness (QED) is 0.180. The first-order valence-electron chi connectivity index (χ1n) is 17.0. The van der Waals surface area contributed by atoms with Gasteiger partial charge in [-0.05, 0) is 68.8 Å². The van der Waals surface area contributed by atoms with Crippen molar-refractivity contribution in [2.75, 3.05) is 0 Å². The molecule has 4 nitrogen and oxygen atoms in total. The molecule has 238 valence electrons. The van der Waals surface area contributed by atoms with Gasteiger partial charge in [-0.15, -0.1) is 0 Å². The summed E-state index contributed by atoms with van der Waals surface area (Å²) in [5.41, 5.74) is 12.2. The smallest absolute Gasteiger partial charge is 0.164 e. The Morgan fingerprint density at radius 2 is 0.843 bits per heavy atom. The molecule has 0 radical (unpaired) electrons. The zero-order valence-corrected chi connectivity index (χ0v) is 27.6. The van der Waals surface area contributed by atoms with Crippen molar-refractivity contribution in [3.8, 4) is 62.5 Å². The summed E-state index contributed by atoms with van der Waals surface area (Å²) in [6.45, 7) is 0. The molecule has 0 aliphatic heterocycles. The number of aromatic nitrogens is 3. The molecule has 0 N–H and O–H groups in total. The van der Waals surface area contributed by atoms with Gasteiger partial charge in [-0.1, -0.05) is 158 Å². The van der Waals surface area contributed by atoms with E-state index in [1.807, 2.05) is 66.7 Å². The maximum absolute atomic E-state index is 9.30. The maximum atomic E-state index is 9.30. The molecule has 0 saturated carbocycles. The molecule has 1 heterocycles. The Balaban J connectivity index is 1.24. The van der Waals surface area contributed by atoms with Crippen molar-refractivity contribution in [1.29, 1.82) is 5.26 Å². The highest BCUT2D eigenvalue weighted by molar-refractivity contribution is 5.86. The molecule has 8 aromatic rings. The van der Waals surface area contributed by atoms with E-state index < -0.39 is 5.41 Å². The summed E-state index contributed by atoms with van der Waals surface area (Å²) in [4.78, 5) is 15.3. The monoisotopic (exact) mass is 650 g/mol. The molecule has 0 amide bonds. The summed E-state index contributed by atoms with van der Waals surface area (Å²) in [6.07, 6.45) is 0. The molecule has 4 heteroatoms. The average molecular weight is 651 g/mol. The van der Waals surface area contributed by atoms with Crippen LogP contribution in [-0.2, 0) is 5.41 Å². The number of fused-ring (bicyclic) bond motifs is 3. The van der Waals surface area contributed by atoms with Gasteiger partial charge in [0.25, 0.3) is 0 Å². The van der Waals surface area contributed by atoms with Gasteiger partial charge in [0.2, 0.25) is 0 Å². The zero-order chi connectivity index (χ0) is 34.2. The lowest BCUT2D eigenvalue weighted by Crippen LogP contribution is -2.28. The van der Waals surface area contributed by atoms with Crippen LogP contribution in [-0.4, -0.2) is 15.0 Å². The van der Waals surface area contributed by atoms with Gasteiger partial charge in [-0.25, -0.2) is 15.0 Å². The van der Waals surface area contributed by atoms with Gasteiger partial charge in [0.05, 0.1) is 17.0 Å². The molecule has 0 atom stereocenters. The van der Waals surface area contributed by atoms with Crippen LogP contribution in [0.5, 0.6) is 0 Å². The van der Waals surface area contributed by atoms with Crippen LogP contribution in [0.3, 0.4) is 0 Å². The van der Waals surface area contributed by atoms with Gasteiger partial charge in [-0.2, -0.15) is 5.26 Å². The minimum absolute atomic E-state index is 0.530. The molecule has 1 aromatic heterocycles. The topological polar surface area (TPSA) is 62.5 Å². The molecule has 7 aromatic carbocycles. The standard InChI is InChI=1S/C47H30N4/c48-31-32-25-27-33(28-26-32)35-15-11-16-36(29-35)45-49-44(34-13-3-1-4-14-34)50-46(51-45)37-17-12-20-39(30-37)47(38-18-5-2-6-19-38)42-23-9-7-21-40(42)41-22-8-10-24-43(41)47/h1-30H. The number of benzene rings is 7. The molecule has 1 aliphatic rings. The van der Waals surface area contributed by atoms with Crippen molar-refractivity contribution >= 4 is 0 Å². The van der Waals surface area contributed by atoms with Crippen molar-refractivity contribution in [2.45, 2.75) is 5.41 Å². The molecule has 0 saturated heterocycles. The molecule has 0 bridgehead atoms. The Bertz CT molecular complexity index is 2540. The minimum atomic E-state index is -0.530. The van der Waals surface area contributed by atoms with Crippen molar-refractivity contribution in [2.24, 2.45) is 0 Å². The van der Waals surface area contributed by atoms with E-state index in [9.17, 15) is 5.26 Å². The number of hydrogen-bond donors (Lipinski definition) is 0. The van der Waals surface area contributed by atoms with Crippen LogP contribution in [0, 0.1) is 11.3 Å². The number of rotatable bonds is 6. The van der Waals surface area contributed by atoms with Gasteiger partial charge in [0.15, 0.2) is 17.5 Å². The van der Waals surface area contributed by atoms with Crippen molar-refractivity contribution in [3.63, 3.8) is 0 Å². The predicted molar refractivity (Wildman–Crippen MR) is 204 cm³/mol. The largest absolute Gasteiger partial charge is 0.208 e. The molecule has 51 heavy (non-hydrogen) atoms. The summed E-state index contributed by atoms with van der Waals surface area (Å²) in [6, 6.07) is 65.2. The van der Waals surface area contributed by atoms with Crippen LogP contribution in [0.25, 0.3) is 56.4 Å². The summed E-state index contributed by atoms with van der Waals surface area (Å²) in [5, 5.41) is 9.30. The Hall–Kier alpha value is -6.96. The SMILES string of the molecule is N#Cc1ccc(-c2cccc(-c3nc(-c4ccccc4)nc(-c4cccc(C5(c6ccccc6)c6ccccc6-c6ccccc65)c4)n3)c2)cc1. The Morgan fingerprint density at radius 3 is 1.47 bits per heavy atom. The summed E-state index contributed by atoms with van der Waals surface area (Å²) in [7, 11) is 0. The van der Waals surface area contributed by atoms with Crippen LogP contribution in [0.15, 0.2) is 182 Å². The number of hydrogen-bond acceptors (Lipinski definition) is 4. The fourth-order valence-corrected chi connectivity index (χ4v) is 7.53. The highest BCUT2D eigenvalue weighted by Crippen LogP contribution is 2.56. The fraction of sp³-hybridized carbons (Fsp3) is 0.0213. The molecular weight excluding hydrogens is 621 g/mol. The molecule has 0 spiro atoms. The second-order valence-corrected chi connectivity index (χ2v) is 12.7. The fourth-order valence-electron chi connectivity index (χ4n) is 7.53. The third kappa shape index (κ3) is 5.12. The van der Waals surface area contributed by atoms with E-state index in [4.69, 9.17) is 15.0 Å². The van der Waals surface area contributed by atoms with Gasteiger partial charge in [0, 0.05) is 16.7 Å². The Morgan fingerprint density at radius 1 is 0.373 bits per heavy atom. The lowest BCUT2D eigenvalue weighted by molar-refractivity contribution is 0.768. The second kappa shape index (κ2) is 12.5. The highest BCUT2D eigenvalue weighted by Gasteiger charge is 2.45. The van der Waals surface area contributed by atoms with Crippen LogP contribution >= 0.6 is 0 Å². The van der Waals surface area contributed by atoms with Gasteiger partial charge in [-0.3, -0.25) is 0 Å². The van der Waals surface area contributed by atoms with E-state index in [0.717, 1.165) is 33.4 Å². The normalized spacial score (nSPS) is 12.5. The third-order valence-corrected chi connectivity index (χ3v) is 9.85. The Labute approximate surface area is 297 Å². The second-order valence-electron chi connectivity index (χ2n) is 12.7. The Kier molecular flexibility index (Phi) is 7.38. The third-order valence-electron chi connectivity index (χ3n) is 9.85. The minimum Gasteiger partial charge on any atom is -0.208 e. The molecule has 0 fully saturated rings. The summed E-state index contributed by atoms with van der Waals surface area (Å²) in [5.74, 6) is 1.81. The van der Waals surface area contributed by atoms with Gasteiger partial charge >= 0.3 is 0 Å². The maximum Gasteiger partial charge on any atom is 0.164 e. The predicted octanol–water partition coefficient (Wildman–Crippen LogP) is 10.8.